The quantitative estimate of drug-likeness (QED) is 0.537. The van der Waals surface area contributed by atoms with Crippen LogP contribution < -0.4 is 0 Å². The van der Waals surface area contributed by atoms with Crippen molar-refractivity contribution < 1.29 is 22.5 Å². The Kier molecular flexibility index (Phi) is 6.26. The molecular weight excluding hydrogens is 407 g/mol. The smallest absolute Gasteiger partial charge is 0.361 e. The Hall–Kier alpha value is -2.82. The molecule has 0 aliphatic carbocycles. The number of hydrogen-bond acceptors (Lipinski definition) is 6. The molecule has 0 saturated carbocycles. The fourth-order valence-corrected chi connectivity index (χ4v) is 3.48. The molecule has 0 aliphatic heterocycles. The molecule has 3 aromatic heterocycles. The van der Waals surface area contributed by atoms with Gasteiger partial charge in [0, 0.05) is 37.5 Å². The van der Waals surface area contributed by atoms with Gasteiger partial charge in [0.1, 0.15) is 23.2 Å². The molecule has 0 spiro atoms. The molecule has 3 aromatic rings. The molecule has 7 nitrogen and oxygen atoms in total. The summed E-state index contributed by atoms with van der Waals surface area (Å²) < 4.78 is 44.1. The number of nitrogens with zero attached hydrogens (tertiary/aromatic N) is 5. The first-order valence-electron chi connectivity index (χ1n) is 8.55. The Bertz CT molecular complexity index is 986. The summed E-state index contributed by atoms with van der Waals surface area (Å²) in [6, 6.07) is 5.06. The van der Waals surface area contributed by atoms with E-state index >= 15 is 0 Å². The Morgan fingerprint density at radius 3 is 2.79 bits per heavy atom. The summed E-state index contributed by atoms with van der Waals surface area (Å²) in [6.45, 7) is 0.563. The molecule has 1 amide bonds. The first kappa shape index (κ1) is 20.9. The van der Waals surface area contributed by atoms with Gasteiger partial charge in [-0.1, -0.05) is 16.9 Å². The highest BCUT2D eigenvalue weighted by Gasteiger charge is 2.29. The van der Waals surface area contributed by atoms with Gasteiger partial charge in [-0.25, -0.2) is 9.97 Å². The summed E-state index contributed by atoms with van der Waals surface area (Å²) in [5.41, 5.74) is 1.08. The number of thioether (sulfide) groups is 1. The summed E-state index contributed by atoms with van der Waals surface area (Å²) >= 11 is 1.33. The number of halogens is 3. The number of hydrogen-bond donors (Lipinski definition) is 0. The van der Waals surface area contributed by atoms with E-state index in [1.165, 1.54) is 36.1 Å². The third-order valence-corrected chi connectivity index (χ3v) is 4.95. The summed E-state index contributed by atoms with van der Waals surface area (Å²) in [4.78, 5) is 22.4. The lowest BCUT2D eigenvalue weighted by Gasteiger charge is -2.19. The number of alkyl halides is 3. The average molecular weight is 425 g/mol. The van der Waals surface area contributed by atoms with Gasteiger partial charge in [0.15, 0.2) is 0 Å². The minimum absolute atomic E-state index is 0.0661. The Labute approximate surface area is 168 Å². The second kappa shape index (κ2) is 8.68. The standard InChI is InChI=1S/C18H18F3N5O2S/c1-12-8-13(24-28-12)10-29-16-14(4-3-5-23-16)17(27)25(2)9-15-22-6-7-26(15)11-18(19,20)21/h3-8H,9-11H2,1-2H3. The van der Waals surface area contributed by atoms with Gasteiger partial charge in [0.05, 0.1) is 17.8 Å². The minimum Gasteiger partial charge on any atom is -0.361 e. The maximum absolute atomic E-state index is 12.9. The predicted molar refractivity (Wildman–Crippen MR) is 99.1 cm³/mol. The Morgan fingerprint density at radius 2 is 2.10 bits per heavy atom. The molecule has 29 heavy (non-hydrogen) atoms. The van der Waals surface area contributed by atoms with Crippen molar-refractivity contribution in [2.45, 2.75) is 37.0 Å². The third kappa shape index (κ3) is 5.59. The molecule has 154 valence electrons. The molecule has 0 bridgehead atoms. The number of pyridine rings is 1. The Balaban J connectivity index is 1.71. The van der Waals surface area contributed by atoms with Crippen LogP contribution in [0.4, 0.5) is 13.2 Å². The second-order valence-corrected chi connectivity index (χ2v) is 7.29. The monoisotopic (exact) mass is 425 g/mol. The zero-order valence-corrected chi connectivity index (χ0v) is 16.5. The molecule has 11 heteroatoms. The van der Waals surface area contributed by atoms with Crippen molar-refractivity contribution in [1.82, 2.24) is 24.6 Å². The van der Waals surface area contributed by atoms with Crippen LogP contribution in [0.2, 0.25) is 0 Å². The van der Waals surface area contributed by atoms with Gasteiger partial charge in [-0.05, 0) is 19.1 Å². The van der Waals surface area contributed by atoms with Crippen LogP contribution in [0.1, 0.15) is 27.6 Å². The van der Waals surface area contributed by atoms with Crippen LogP contribution >= 0.6 is 11.8 Å². The molecule has 0 aliphatic rings. The van der Waals surface area contributed by atoms with Crippen LogP contribution in [0.25, 0.3) is 0 Å². The topological polar surface area (TPSA) is 77.1 Å². The van der Waals surface area contributed by atoms with Crippen molar-refractivity contribution in [1.29, 1.82) is 0 Å². The normalized spacial score (nSPS) is 11.6. The number of imidazole rings is 1. The van der Waals surface area contributed by atoms with E-state index in [1.54, 1.807) is 31.3 Å². The van der Waals surface area contributed by atoms with E-state index in [-0.39, 0.29) is 18.3 Å². The van der Waals surface area contributed by atoms with Crippen LogP contribution in [0.15, 0.2) is 46.3 Å². The number of amides is 1. The fourth-order valence-electron chi connectivity index (χ4n) is 2.62. The van der Waals surface area contributed by atoms with Crippen molar-refractivity contribution in [2.24, 2.45) is 0 Å². The van der Waals surface area contributed by atoms with Crippen LogP contribution in [-0.4, -0.2) is 43.7 Å². The van der Waals surface area contributed by atoms with Crippen LogP contribution in [-0.2, 0) is 18.8 Å². The van der Waals surface area contributed by atoms with Crippen LogP contribution in [0.3, 0.4) is 0 Å². The highest BCUT2D eigenvalue weighted by Crippen LogP contribution is 2.25. The number of aromatic nitrogens is 4. The number of carbonyl (C=O) groups is 1. The molecule has 0 atom stereocenters. The van der Waals surface area contributed by atoms with E-state index in [2.05, 4.69) is 15.1 Å². The van der Waals surface area contributed by atoms with Gasteiger partial charge in [-0.3, -0.25) is 4.79 Å². The summed E-state index contributed by atoms with van der Waals surface area (Å²) in [5, 5.41) is 4.41. The van der Waals surface area contributed by atoms with Gasteiger partial charge < -0.3 is 14.0 Å². The molecule has 3 rings (SSSR count). The maximum atomic E-state index is 12.9. The minimum atomic E-state index is -4.37. The molecule has 0 fully saturated rings. The first-order valence-corrected chi connectivity index (χ1v) is 9.54. The van der Waals surface area contributed by atoms with Crippen molar-refractivity contribution in [3.05, 3.63) is 59.6 Å². The van der Waals surface area contributed by atoms with Crippen molar-refractivity contribution in [3.8, 4) is 0 Å². The second-order valence-electron chi connectivity index (χ2n) is 6.32. The molecule has 0 saturated heterocycles. The van der Waals surface area contributed by atoms with E-state index in [9.17, 15) is 18.0 Å². The molecular formula is C18H18F3N5O2S. The first-order chi connectivity index (χ1) is 13.7. The van der Waals surface area contributed by atoms with E-state index in [0.717, 1.165) is 10.3 Å². The molecule has 0 radical (unpaired) electrons. The molecule has 3 heterocycles. The number of rotatable bonds is 7. The van der Waals surface area contributed by atoms with Gasteiger partial charge in [0.25, 0.3) is 5.91 Å². The highest BCUT2D eigenvalue weighted by molar-refractivity contribution is 7.98. The molecule has 0 unspecified atom stereocenters. The third-order valence-electron chi connectivity index (χ3n) is 3.91. The van der Waals surface area contributed by atoms with Crippen LogP contribution in [0, 0.1) is 6.92 Å². The maximum Gasteiger partial charge on any atom is 0.406 e. The zero-order valence-electron chi connectivity index (χ0n) is 15.7. The lowest BCUT2D eigenvalue weighted by atomic mass is 10.2. The van der Waals surface area contributed by atoms with E-state index in [4.69, 9.17) is 4.52 Å². The molecule has 0 N–H and O–H groups in total. The van der Waals surface area contributed by atoms with Crippen molar-refractivity contribution >= 4 is 17.7 Å². The van der Waals surface area contributed by atoms with Crippen LogP contribution in [0.5, 0.6) is 0 Å². The van der Waals surface area contributed by atoms with E-state index in [0.29, 0.717) is 22.1 Å². The highest BCUT2D eigenvalue weighted by atomic mass is 32.2. The average Bonchev–Trinajstić information content (AvgIpc) is 3.27. The summed E-state index contributed by atoms with van der Waals surface area (Å²) in [5.74, 6) is 0.939. The van der Waals surface area contributed by atoms with E-state index in [1.807, 2.05) is 0 Å². The largest absolute Gasteiger partial charge is 0.406 e. The summed E-state index contributed by atoms with van der Waals surface area (Å²) in [6.07, 6.45) is -0.273. The number of aryl methyl sites for hydroxylation is 1. The van der Waals surface area contributed by atoms with Gasteiger partial charge in [-0.2, -0.15) is 13.2 Å². The van der Waals surface area contributed by atoms with Crippen molar-refractivity contribution in [3.63, 3.8) is 0 Å². The predicted octanol–water partition coefficient (Wildman–Crippen LogP) is 3.70. The van der Waals surface area contributed by atoms with E-state index < -0.39 is 12.7 Å². The zero-order chi connectivity index (χ0) is 21.0. The fraction of sp³-hybridized carbons (Fsp3) is 0.333. The summed E-state index contributed by atoms with van der Waals surface area (Å²) in [7, 11) is 1.51. The SMILES string of the molecule is Cc1cc(CSc2ncccc2C(=O)N(C)Cc2nccn2CC(F)(F)F)no1. The van der Waals surface area contributed by atoms with Gasteiger partial charge in [0.2, 0.25) is 0 Å². The van der Waals surface area contributed by atoms with Gasteiger partial charge in [-0.15, -0.1) is 0 Å². The van der Waals surface area contributed by atoms with Gasteiger partial charge >= 0.3 is 6.18 Å². The lowest BCUT2D eigenvalue weighted by Crippen LogP contribution is -2.29. The Morgan fingerprint density at radius 1 is 1.31 bits per heavy atom. The lowest BCUT2D eigenvalue weighted by molar-refractivity contribution is -0.141. The number of carbonyl (C=O) groups excluding carboxylic acids is 1. The molecule has 0 aromatic carbocycles. The van der Waals surface area contributed by atoms with Crippen molar-refractivity contribution in [2.75, 3.05) is 7.05 Å².